The molecular weight excluding hydrogens is 332 g/mol. The topological polar surface area (TPSA) is 85.9 Å². The van der Waals surface area contributed by atoms with Crippen molar-refractivity contribution in [2.45, 2.75) is 19.9 Å². The number of H-pyrrole nitrogens is 1. The van der Waals surface area contributed by atoms with Gasteiger partial charge < -0.3 is 14.2 Å². The molecule has 0 aliphatic heterocycles. The molecule has 132 valence electrons. The first-order valence-electron chi connectivity index (χ1n) is 8.40. The first-order valence-corrected chi connectivity index (χ1v) is 8.40. The summed E-state index contributed by atoms with van der Waals surface area (Å²) in [6.07, 6.45) is 0.892. The highest BCUT2D eigenvalue weighted by Crippen LogP contribution is 2.26. The summed E-state index contributed by atoms with van der Waals surface area (Å²) in [5.74, 6) is 1.60. The Morgan fingerprint density at radius 3 is 2.88 bits per heavy atom. The van der Waals surface area contributed by atoms with Gasteiger partial charge in [-0.05, 0) is 42.8 Å². The van der Waals surface area contributed by atoms with Crippen molar-refractivity contribution in [1.82, 2.24) is 19.7 Å². The molecule has 0 bridgehead atoms. The highest BCUT2D eigenvalue weighted by molar-refractivity contribution is 5.80. The lowest BCUT2D eigenvalue weighted by Gasteiger charge is -2.01. The average Bonchev–Trinajstić information content (AvgIpc) is 3.27. The van der Waals surface area contributed by atoms with Crippen LogP contribution in [-0.2, 0) is 6.54 Å². The fourth-order valence-electron chi connectivity index (χ4n) is 2.96. The Morgan fingerprint density at radius 2 is 2.08 bits per heavy atom. The number of aromatic amines is 1. The van der Waals surface area contributed by atoms with Crippen molar-refractivity contribution in [3.05, 3.63) is 52.9 Å². The largest absolute Gasteiger partial charge is 0.497 e. The molecule has 1 N–H and O–H groups in total. The average molecular weight is 350 g/mol. The molecule has 2 aromatic heterocycles. The number of aromatic nitrogens is 4. The van der Waals surface area contributed by atoms with E-state index in [2.05, 4.69) is 15.1 Å². The van der Waals surface area contributed by atoms with Crippen molar-refractivity contribution in [2.24, 2.45) is 0 Å². The molecule has 0 saturated heterocycles. The van der Waals surface area contributed by atoms with E-state index in [0.29, 0.717) is 18.3 Å². The van der Waals surface area contributed by atoms with Crippen LogP contribution in [0.15, 0.2) is 51.8 Å². The van der Waals surface area contributed by atoms with Gasteiger partial charge in [0.1, 0.15) is 5.75 Å². The van der Waals surface area contributed by atoms with E-state index in [4.69, 9.17) is 9.26 Å². The van der Waals surface area contributed by atoms with Crippen LogP contribution in [0.1, 0.15) is 13.3 Å². The van der Waals surface area contributed by atoms with Gasteiger partial charge >= 0.3 is 5.69 Å². The molecule has 7 heteroatoms. The molecule has 4 aromatic rings. The number of aryl methyl sites for hydroxylation is 1. The summed E-state index contributed by atoms with van der Waals surface area (Å²) < 4.78 is 12.3. The quantitative estimate of drug-likeness (QED) is 0.596. The summed E-state index contributed by atoms with van der Waals surface area (Å²) in [7, 11) is 1.61. The van der Waals surface area contributed by atoms with Crippen LogP contribution in [0, 0.1) is 0 Å². The zero-order chi connectivity index (χ0) is 18.1. The monoisotopic (exact) mass is 350 g/mol. The second-order valence-electron chi connectivity index (χ2n) is 5.97. The van der Waals surface area contributed by atoms with Crippen LogP contribution in [-0.4, -0.2) is 26.8 Å². The predicted molar refractivity (Wildman–Crippen MR) is 98.1 cm³/mol. The Morgan fingerprint density at radius 1 is 1.19 bits per heavy atom. The zero-order valence-electron chi connectivity index (χ0n) is 14.5. The molecule has 0 aliphatic rings. The van der Waals surface area contributed by atoms with E-state index >= 15 is 0 Å². The van der Waals surface area contributed by atoms with Gasteiger partial charge in [-0.3, -0.25) is 4.57 Å². The standard InChI is InChI=1S/C19H18N4O3/c1-3-9-23-16-8-7-12(11-15(16)20-19(23)24)17-21-18(26-22-17)13-5-4-6-14(10-13)25-2/h4-8,10-11H,3,9H2,1-2H3,(H,20,24). The van der Waals surface area contributed by atoms with E-state index in [-0.39, 0.29) is 5.69 Å². The van der Waals surface area contributed by atoms with Gasteiger partial charge in [0.25, 0.3) is 5.89 Å². The first-order chi connectivity index (χ1) is 12.7. The number of hydrogen-bond acceptors (Lipinski definition) is 5. The van der Waals surface area contributed by atoms with E-state index in [0.717, 1.165) is 34.3 Å². The van der Waals surface area contributed by atoms with Crippen molar-refractivity contribution in [2.75, 3.05) is 7.11 Å². The molecule has 2 heterocycles. The number of nitrogens with one attached hydrogen (secondary N) is 1. The summed E-state index contributed by atoms with van der Waals surface area (Å²) in [6, 6.07) is 13.1. The fourth-order valence-corrected chi connectivity index (χ4v) is 2.96. The van der Waals surface area contributed by atoms with Crippen LogP contribution < -0.4 is 10.4 Å². The van der Waals surface area contributed by atoms with Gasteiger partial charge in [0.2, 0.25) is 5.82 Å². The Bertz CT molecular complexity index is 1120. The smallest absolute Gasteiger partial charge is 0.326 e. The van der Waals surface area contributed by atoms with Gasteiger partial charge in [0.05, 0.1) is 18.1 Å². The molecule has 7 nitrogen and oxygen atoms in total. The van der Waals surface area contributed by atoms with Crippen molar-refractivity contribution in [1.29, 1.82) is 0 Å². The molecule has 26 heavy (non-hydrogen) atoms. The number of imidazole rings is 1. The SMILES string of the molecule is CCCn1c(=O)[nH]c2cc(-c3noc(-c4cccc(OC)c4)n3)ccc21. The summed E-state index contributed by atoms with van der Waals surface area (Å²) >= 11 is 0. The van der Waals surface area contributed by atoms with Crippen LogP contribution >= 0.6 is 0 Å². The molecule has 0 atom stereocenters. The van der Waals surface area contributed by atoms with E-state index in [9.17, 15) is 4.79 Å². The maximum Gasteiger partial charge on any atom is 0.326 e. The lowest BCUT2D eigenvalue weighted by Crippen LogP contribution is -2.16. The molecule has 0 fully saturated rings. The summed E-state index contributed by atoms with van der Waals surface area (Å²) in [5.41, 5.74) is 3.09. The predicted octanol–water partition coefficient (Wildman–Crippen LogP) is 3.47. The van der Waals surface area contributed by atoms with Crippen LogP contribution in [0.3, 0.4) is 0 Å². The Balaban J connectivity index is 1.72. The zero-order valence-corrected chi connectivity index (χ0v) is 14.5. The van der Waals surface area contributed by atoms with E-state index < -0.39 is 0 Å². The van der Waals surface area contributed by atoms with Crippen LogP contribution in [0.5, 0.6) is 5.75 Å². The highest BCUT2D eigenvalue weighted by atomic mass is 16.5. The summed E-state index contributed by atoms with van der Waals surface area (Å²) in [5, 5.41) is 4.06. The van der Waals surface area contributed by atoms with Gasteiger partial charge in [-0.1, -0.05) is 18.1 Å². The van der Waals surface area contributed by atoms with Crippen LogP contribution in [0.2, 0.25) is 0 Å². The second-order valence-corrected chi connectivity index (χ2v) is 5.97. The third-order valence-electron chi connectivity index (χ3n) is 4.22. The molecule has 0 radical (unpaired) electrons. The normalized spacial score (nSPS) is 11.2. The Kier molecular flexibility index (Phi) is 4.04. The molecule has 0 spiro atoms. The maximum atomic E-state index is 12.1. The highest BCUT2D eigenvalue weighted by Gasteiger charge is 2.13. The molecule has 0 unspecified atom stereocenters. The van der Waals surface area contributed by atoms with E-state index in [1.165, 1.54) is 0 Å². The molecular formula is C19H18N4O3. The minimum Gasteiger partial charge on any atom is -0.497 e. The second kappa shape index (κ2) is 6.51. The summed E-state index contributed by atoms with van der Waals surface area (Å²) in [6.45, 7) is 2.72. The number of rotatable bonds is 5. The number of methoxy groups -OCH3 is 1. The number of ether oxygens (including phenoxy) is 1. The molecule has 4 rings (SSSR count). The third kappa shape index (κ3) is 2.77. The number of fused-ring (bicyclic) bond motifs is 1. The van der Waals surface area contributed by atoms with Gasteiger partial charge in [-0.2, -0.15) is 4.98 Å². The Hall–Kier alpha value is -3.35. The third-order valence-corrected chi connectivity index (χ3v) is 4.22. The minimum atomic E-state index is -0.107. The van der Waals surface area contributed by atoms with Crippen LogP contribution in [0.25, 0.3) is 33.9 Å². The van der Waals surface area contributed by atoms with Crippen molar-refractivity contribution in [3.63, 3.8) is 0 Å². The van der Waals surface area contributed by atoms with E-state index in [1.54, 1.807) is 11.7 Å². The number of nitrogens with zero attached hydrogens (tertiary/aromatic N) is 3. The van der Waals surface area contributed by atoms with Gasteiger partial charge in [0.15, 0.2) is 0 Å². The molecule has 2 aromatic carbocycles. The molecule has 0 amide bonds. The van der Waals surface area contributed by atoms with Crippen molar-refractivity contribution < 1.29 is 9.26 Å². The summed E-state index contributed by atoms with van der Waals surface area (Å²) in [4.78, 5) is 19.4. The molecule has 0 aliphatic carbocycles. The maximum absolute atomic E-state index is 12.1. The Labute approximate surface area is 149 Å². The van der Waals surface area contributed by atoms with Crippen LogP contribution in [0.4, 0.5) is 0 Å². The van der Waals surface area contributed by atoms with Gasteiger partial charge in [-0.15, -0.1) is 0 Å². The van der Waals surface area contributed by atoms with Crippen molar-refractivity contribution in [3.8, 4) is 28.6 Å². The first kappa shape index (κ1) is 16.1. The lowest BCUT2D eigenvalue weighted by molar-refractivity contribution is 0.413. The van der Waals surface area contributed by atoms with Gasteiger partial charge in [0, 0.05) is 17.7 Å². The minimum absolute atomic E-state index is 0.107. The fraction of sp³-hybridized carbons (Fsp3) is 0.211. The lowest BCUT2D eigenvalue weighted by atomic mass is 10.2. The van der Waals surface area contributed by atoms with E-state index in [1.807, 2.05) is 49.4 Å². The molecule has 0 saturated carbocycles. The van der Waals surface area contributed by atoms with Crippen molar-refractivity contribution >= 4 is 11.0 Å². The van der Waals surface area contributed by atoms with Gasteiger partial charge in [-0.25, -0.2) is 4.79 Å². The number of benzene rings is 2. The number of hydrogen-bond donors (Lipinski definition) is 1.